The van der Waals surface area contributed by atoms with Gasteiger partial charge >= 0.3 is 6.03 Å². The first-order chi connectivity index (χ1) is 17.5. The molecule has 1 aromatic carbocycles. The molecular weight excluding hydrogens is 476 g/mol. The maximum atomic E-state index is 13.1. The van der Waals surface area contributed by atoms with Gasteiger partial charge in [-0.2, -0.15) is 0 Å². The van der Waals surface area contributed by atoms with E-state index in [4.69, 9.17) is 11.5 Å². The number of nitrogens with one attached hydrogen (secondary N) is 4. The molecule has 4 rings (SSSR count). The number of aromatic nitrogens is 2. The maximum absolute atomic E-state index is 13.1. The molecule has 1 fully saturated rings. The van der Waals surface area contributed by atoms with E-state index in [0.29, 0.717) is 55.4 Å². The zero-order valence-corrected chi connectivity index (χ0v) is 21.1. The van der Waals surface area contributed by atoms with Crippen LogP contribution in [0.1, 0.15) is 53.2 Å². The Morgan fingerprint density at radius 2 is 1.81 bits per heavy atom. The normalized spacial score (nSPS) is 16.2. The van der Waals surface area contributed by atoms with Gasteiger partial charge in [0.15, 0.2) is 17.5 Å². The topological polar surface area (TPSA) is 193 Å². The second kappa shape index (κ2) is 10.3. The summed E-state index contributed by atoms with van der Waals surface area (Å²) >= 11 is 0. The summed E-state index contributed by atoms with van der Waals surface area (Å²) in [5, 5.41) is 11.5. The minimum absolute atomic E-state index is 0.00112. The van der Waals surface area contributed by atoms with Gasteiger partial charge in [0.1, 0.15) is 5.82 Å². The van der Waals surface area contributed by atoms with E-state index in [1.165, 1.54) is 0 Å². The van der Waals surface area contributed by atoms with E-state index >= 15 is 0 Å². The van der Waals surface area contributed by atoms with Gasteiger partial charge in [-0.25, -0.2) is 14.8 Å². The molecule has 0 radical (unpaired) electrons. The minimum Gasteiger partial charge on any atom is -0.382 e. The van der Waals surface area contributed by atoms with Crippen LogP contribution < -0.4 is 32.7 Å². The quantitative estimate of drug-likeness (QED) is 0.350. The third-order valence-electron chi connectivity index (χ3n) is 6.30. The van der Waals surface area contributed by atoms with Crippen molar-refractivity contribution in [2.45, 2.75) is 45.2 Å². The molecule has 1 spiro atoms. The number of rotatable bonds is 4. The Balaban J connectivity index is 1.32. The van der Waals surface area contributed by atoms with Crippen molar-refractivity contribution in [1.29, 1.82) is 0 Å². The highest BCUT2D eigenvalue weighted by molar-refractivity contribution is 6.07. The molecule has 13 nitrogen and oxygen atoms in total. The first-order valence-corrected chi connectivity index (χ1v) is 12.1. The summed E-state index contributed by atoms with van der Waals surface area (Å²) < 4.78 is 0. The van der Waals surface area contributed by atoms with Gasteiger partial charge in [-0.3, -0.25) is 19.9 Å². The molecule has 0 saturated carbocycles. The van der Waals surface area contributed by atoms with Crippen LogP contribution in [0, 0.1) is 6.92 Å². The summed E-state index contributed by atoms with van der Waals surface area (Å²) in [6.07, 6.45) is 1.30. The zero-order valence-electron chi connectivity index (χ0n) is 21.1. The summed E-state index contributed by atoms with van der Waals surface area (Å²) in [5.74, 6) is -0.188. The first-order valence-electron chi connectivity index (χ1n) is 12.1. The van der Waals surface area contributed by atoms with Gasteiger partial charge in [-0.15, -0.1) is 0 Å². The van der Waals surface area contributed by atoms with Gasteiger partial charge < -0.3 is 32.3 Å². The first kappa shape index (κ1) is 25.7. The third kappa shape index (κ3) is 5.88. The number of nitrogens with two attached hydrogens (primary N) is 2. The molecule has 1 aromatic heterocycles. The van der Waals surface area contributed by atoms with E-state index < -0.39 is 5.91 Å². The second-order valence-electron chi connectivity index (χ2n) is 9.58. The Kier molecular flexibility index (Phi) is 7.14. The largest absolute Gasteiger partial charge is 0.382 e. The lowest BCUT2D eigenvalue weighted by molar-refractivity contribution is 0.0668. The number of nitrogens with zero attached hydrogens (tertiary/aromatic N) is 4. The third-order valence-corrected chi connectivity index (χ3v) is 6.30. The summed E-state index contributed by atoms with van der Waals surface area (Å²) in [6, 6.07) is 6.56. The van der Waals surface area contributed by atoms with Crippen LogP contribution in [0.2, 0.25) is 0 Å². The Morgan fingerprint density at radius 1 is 1.08 bits per heavy atom. The predicted molar refractivity (Wildman–Crippen MR) is 140 cm³/mol. The molecule has 0 atom stereocenters. The van der Waals surface area contributed by atoms with Crippen molar-refractivity contribution in [3.8, 4) is 0 Å². The highest BCUT2D eigenvalue weighted by atomic mass is 16.2. The number of nitrogen functional groups attached to an aromatic ring is 2. The summed E-state index contributed by atoms with van der Waals surface area (Å²) in [7, 11) is 0. The monoisotopic (exact) mass is 508 g/mol. The SMILES string of the molecule is Cc1nc(C(=O)NC2=NCC3(CCN(C(=O)c4cccc(NC(=O)NC(C)C)c4)CC3)N2)c(N)nc1N. The second-order valence-corrected chi connectivity index (χ2v) is 9.58. The maximum Gasteiger partial charge on any atom is 0.319 e. The van der Waals surface area contributed by atoms with Crippen LogP contribution in [0.5, 0.6) is 0 Å². The molecule has 13 heteroatoms. The molecule has 1 saturated heterocycles. The molecule has 4 amide bonds. The molecule has 0 bridgehead atoms. The molecule has 3 heterocycles. The standard InChI is InChI=1S/C24H32N10O3/c1-13(2)28-23(37)30-16-6-4-5-15(11-16)21(36)34-9-7-24(8-10-34)12-27-22(33-24)32-20(35)17-19(26)31-18(25)14(3)29-17/h4-6,11,13H,7-10,12H2,1-3H3,(H4,25,26,31)(H2,28,30,37)(H2,27,32,33,35). The van der Waals surface area contributed by atoms with Crippen LogP contribution in [-0.2, 0) is 0 Å². The highest BCUT2D eigenvalue weighted by Crippen LogP contribution is 2.27. The Labute approximate surface area is 214 Å². The van der Waals surface area contributed by atoms with Crippen molar-refractivity contribution in [1.82, 2.24) is 30.8 Å². The lowest BCUT2D eigenvalue weighted by Gasteiger charge is -2.39. The molecule has 37 heavy (non-hydrogen) atoms. The Hall–Kier alpha value is -4.42. The number of urea groups is 1. The molecular formula is C24H32N10O3. The fraction of sp³-hybridized carbons (Fsp3) is 0.417. The van der Waals surface area contributed by atoms with Crippen molar-refractivity contribution < 1.29 is 14.4 Å². The minimum atomic E-state index is -0.528. The summed E-state index contributed by atoms with van der Waals surface area (Å²) in [5.41, 5.74) is 12.6. The average Bonchev–Trinajstić information content (AvgIpc) is 3.22. The van der Waals surface area contributed by atoms with E-state index in [1.54, 1.807) is 36.1 Å². The number of carbonyl (C=O) groups excluding carboxylic acids is 3. The van der Waals surface area contributed by atoms with E-state index in [-0.39, 0.29) is 40.8 Å². The van der Waals surface area contributed by atoms with E-state index in [2.05, 4.69) is 36.2 Å². The lowest BCUT2D eigenvalue weighted by atomic mass is 9.88. The van der Waals surface area contributed by atoms with Gasteiger partial charge in [-0.05, 0) is 51.8 Å². The summed E-state index contributed by atoms with van der Waals surface area (Å²) in [4.78, 5) is 52.1. The molecule has 2 aromatic rings. The highest BCUT2D eigenvalue weighted by Gasteiger charge is 2.40. The molecule has 2 aliphatic heterocycles. The summed E-state index contributed by atoms with van der Waals surface area (Å²) in [6.45, 7) is 6.89. The average molecular weight is 509 g/mol. The molecule has 0 unspecified atom stereocenters. The van der Waals surface area contributed by atoms with Gasteiger partial charge in [0, 0.05) is 30.4 Å². The van der Waals surface area contributed by atoms with E-state index in [9.17, 15) is 14.4 Å². The number of benzene rings is 1. The van der Waals surface area contributed by atoms with Crippen LogP contribution in [0.15, 0.2) is 29.3 Å². The van der Waals surface area contributed by atoms with Crippen LogP contribution in [0.4, 0.5) is 22.1 Å². The van der Waals surface area contributed by atoms with Gasteiger partial charge in [0.25, 0.3) is 11.8 Å². The number of anilines is 3. The molecule has 8 N–H and O–H groups in total. The fourth-order valence-electron chi connectivity index (χ4n) is 4.27. The molecule has 0 aliphatic carbocycles. The lowest BCUT2D eigenvalue weighted by Crippen LogP contribution is -2.57. The number of carbonyl (C=O) groups is 3. The van der Waals surface area contributed by atoms with Gasteiger partial charge in [-0.1, -0.05) is 6.07 Å². The van der Waals surface area contributed by atoms with Gasteiger partial charge in [0.05, 0.1) is 17.8 Å². The fourth-order valence-corrected chi connectivity index (χ4v) is 4.27. The van der Waals surface area contributed by atoms with Crippen molar-refractivity contribution >= 4 is 41.1 Å². The number of hydrogen-bond donors (Lipinski definition) is 6. The van der Waals surface area contributed by atoms with Crippen molar-refractivity contribution in [3.63, 3.8) is 0 Å². The van der Waals surface area contributed by atoms with Crippen molar-refractivity contribution in [3.05, 3.63) is 41.2 Å². The van der Waals surface area contributed by atoms with E-state index in [1.807, 2.05) is 13.8 Å². The number of likely N-dealkylation sites (tertiary alicyclic amines) is 1. The number of hydrogen-bond acceptors (Lipinski definition) is 9. The molecule has 2 aliphatic rings. The Morgan fingerprint density at radius 3 is 2.51 bits per heavy atom. The van der Waals surface area contributed by atoms with Crippen molar-refractivity contribution in [2.75, 3.05) is 36.4 Å². The van der Waals surface area contributed by atoms with Crippen LogP contribution in [0.25, 0.3) is 0 Å². The number of piperidine rings is 1. The van der Waals surface area contributed by atoms with Crippen molar-refractivity contribution in [2.24, 2.45) is 4.99 Å². The van der Waals surface area contributed by atoms with Gasteiger partial charge in [0.2, 0.25) is 0 Å². The predicted octanol–water partition coefficient (Wildman–Crippen LogP) is 0.843. The zero-order chi connectivity index (χ0) is 26.7. The van der Waals surface area contributed by atoms with Crippen LogP contribution in [0.3, 0.4) is 0 Å². The molecule has 196 valence electrons. The smallest absolute Gasteiger partial charge is 0.319 e. The van der Waals surface area contributed by atoms with Crippen LogP contribution in [-0.4, -0.2) is 69.9 Å². The number of aliphatic imine (C=N–C) groups is 1. The number of guanidine groups is 1. The van der Waals surface area contributed by atoms with Crippen LogP contribution >= 0.6 is 0 Å². The number of amides is 4. The van der Waals surface area contributed by atoms with E-state index in [0.717, 1.165) is 0 Å². The Bertz CT molecular complexity index is 1250. The number of aryl methyl sites for hydroxylation is 1.